The average Bonchev–Trinajstić information content (AvgIpc) is 3.43. The van der Waals surface area contributed by atoms with E-state index < -0.39 is 5.41 Å². The van der Waals surface area contributed by atoms with Crippen molar-refractivity contribution in [3.63, 3.8) is 0 Å². The van der Waals surface area contributed by atoms with E-state index in [1.807, 2.05) is 18.2 Å². The molecule has 25 heavy (non-hydrogen) atoms. The van der Waals surface area contributed by atoms with E-state index in [2.05, 4.69) is 22.8 Å². The molecule has 0 atom stereocenters. The van der Waals surface area contributed by atoms with Gasteiger partial charge in [0.2, 0.25) is 11.8 Å². The zero-order chi connectivity index (χ0) is 17.7. The van der Waals surface area contributed by atoms with Gasteiger partial charge in [-0.2, -0.15) is 0 Å². The zero-order valence-electron chi connectivity index (χ0n) is 13.9. The lowest BCUT2D eigenvalue weighted by atomic mass is 10.0. The molecule has 1 aliphatic carbocycles. The predicted molar refractivity (Wildman–Crippen MR) is 94.5 cm³/mol. The normalized spacial score (nSPS) is 14.6. The van der Waals surface area contributed by atoms with Gasteiger partial charge in [-0.15, -0.1) is 0 Å². The third kappa shape index (κ3) is 4.24. The van der Waals surface area contributed by atoms with Crippen LogP contribution in [0, 0.1) is 11.2 Å². The number of rotatable bonds is 7. The van der Waals surface area contributed by atoms with Crippen molar-refractivity contribution < 1.29 is 14.0 Å². The van der Waals surface area contributed by atoms with E-state index in [1.165, 1.54) is 29.8 Å². The number of anilines is 1. The minimum absolute atomic E-state index is 0.222. The van der Waals surface area contributed by atoms with Gasteiger partial charge < -0.3 is 10.6 Å². The van der Waals surface area contributed by atoms with Crippen molar-refractivity contribution in [3.8, 4) is 0 Å². The van der Waals surface area contributed by atoms with Crippen LogP contribution in [0.15, 0.2) is 54.6 Å². The topological polar surface area (TPSA) is 58.2 Å². The van der Waals surface area contributed by atoms with Gasteiger partial charge in [-0.1, -0.05) is 30.3 Å². The van der Waals surface area contributed by atoms with E-state index in [0.29, 0.717) is 25.1 Å². The summed E-state index contributed by atoms with van der Waals surface area (Å²) in [5.74, 6) is -0.907. The second-order valence-corrected chi connectivity index (χ2v) is 6.39. The van der Waals surface area contributed by atoms with Crippen molar-refractivity contribution in [1.29, 1.82) is 0 Å². The lowest BCUT2D eigenvalue weighted by Gasteiger charge is -2.15. The molecule has 5 heteroatoms. The van der Waals surface area contributed by atoms with Crippen molar-refractivity contribution in [3.05, 3.63) is 66.0 Å². The maximum absolute atomic E-state index is 12.9. The molecule has 0 radical (unpaired) electrons. The molecule has 2 N–H and O–H groups in total. The first-order valence-electron chi connectivity index (χ1n) is 8.49. The number of hydrogen-bond acceptors (Lipinski definition) is 2. The van der Waals surface area contributed by atoms with E-state index in [4.69, 9.17) is 0 Å². The highest BCUT2D eigenvalue weighted by molar-refractivity contribution is 6.13. The number of carbonyl (C=O) groups excluding carboxylic acids is 2. The molecule has 0 unspecified atom stereocenters. The number of amides is 2. The summed E-state index contributed by atoms with van der Waals surface area (Å²) in [7, 11) is 0. The highest BCUT2D eigenvalue weighted by Gasteiger charge is 2.56. The van der Waals surface area contributed by atoms with Gasteiger partial charge in [0.25, 0.3) is 0 Å². The van der Waals surface area contributed by atoms with Crippen LogP contribution in [0.4, 0.5) is 10.1 Å². The second-order valence-electron chi connectivity index (χ2n) is 6.39. The maximum atomic E-state index is 12.9. The predicted octanol–water partition coefficient (Wildman–Crippen LogP) is 3.29. The second kappa shape index (κ2) is 7.47. The minimum atomic E-state index is -0.971. The molecule has 0 aromatic heterocycles. The summed E-state index contributed by atoms with van der Waals surface area (Å²) in [4.78, 5) is 24.8. The van der Waals surface area contributed by atoms with Gasteiger partial charge in [0.05, 0.1) is 0 Å². The third-order valence-corrected chi connectivity index (χ3v) is 4.49. The SMILES string of the molecule is O=C(NCCCc1ccccc1)C1(C(=O)Nc2ccc(F)cc2)CC1. The molecule has 2 aromatic carbocycles. The Kier molecular flexibility index (Phi) is 5.12. The summed E-state index contributed by atoms with van der Waals surface area (Å²) in [5, 5.41) is 5.57. The molecule has 1 fully saturated rings. The van der Waals surface area contributed by atoms with E-state index in [1.54, 1.807) is 0 Å². The van der Waals surface area contributed by atoms with Crippen LogP contribution in [0.5, 0.6) is 0 Å². The zero-order valence-corrected chi connectivity index (χ0v) is 13.9. The van der Waals surface area contributed by atoms with Crippen LogP contribution in [0.25, 0.3) is 0 Å². The Morgan fingerprint density at radius 2 is 1.64 bits per heavy atom. The van der Waals surface area contributed by atoms with Gasteiger partial charge in [0.15, 0.2) is 0 Å². The molecule has 3 rings (SSSR count). The number of carbonyl (C=O) groups is 2. The fourth-order valence-electron chi connectivity index (χ4n) is 2.77. The molecular weight excluding hydrogens is 319 g/mol. The fourth-order valence-corrected chi connectivity index (χ4v) is 2.77. The highest BCUT2D eigenvalue weighted by atomic mass is 19.1. The first-order valence-corrected chi connectivity index (χ1v) is 8.49. The Bertz CT molecular complexity index is 740. The summed E-state index contributed by atoms with van der Waals surface area (Å²) < 4.78 is 12.9. The van der Waals surface area contributed by atoms with Crippen LogP contribution < -0.4 is 10.6 Å². The molecule has 0 spiro atoms. The van der Waals surface area contributed by atoms with Crippen molar-refractivity contribution in [2.24, 2.45) is 5.41 Å². The quantitative estimate of drug-likeness (QED) is 0.600. The molecule has 1 saturated carbocycles. The minimum Gasteiger partial charge on any atom is -0.355 e. The largest absolute Gasteiger partial charge is 0.355 e. The van der Waals surface area contributed by atoms with Gasteiger partial charge in [0, 0.05) is 12.2 Å². The van der Waals surface area contributed by atoms with Gasteiger partial charge in [-0.05, 0) is 55.5 Å². The van der Waals surface area contributed by atoms with Gasteiger partial charge >= 0.3 is 0 Å². The average molecular weight is 340 g/mol. The van der Waals surface area contributed by atoms with Crippen LogP contribution in [0.1, 0.15) is 24.8 Å². The molecule has 4 nitrogen and oxygen atoms in total. The Morgan fingerprint density at radius 1 is 0.960 bits per heavy atom. The van der Waals surface area contributed by atoms with E-state index in [0.717, 1.165) is 12.8 Å². The van der Waals surface area contributed by atoms with Crippen LogP contribution >= 0.6 is 0 Å². The number of aryl methyl sites for hydroxylation is 1. The molecule has 130 valence electrons. The van der Waals surface area contributed by atoms with Crippen molar-refractivity contribution >= 4 is 17.5 Å². The molecule has 1 aliphatic rings. The lowest BCUT2D eigenvalue weighted by molar-refractivity contribution is -0.134. The first kappa shape index (κ1) is 17.1. The summed E-state index contributed by atoms with van der Waals surface area (Å²) in [6, 6.07) is 15.6. The summed E-state index contributed by atoms with van der Waals surface area (Å²) in [6.07, 6.45) is 2.80. The Morgan fingerprint density at radius 3 is 2.28 bits per heavy atom. The molecule has 0 heterocycles. The fraction of sp³-hybridized carbons (Fsp3) is 0.300. The number of nitrogens with one attached hydrogen (secondary N) is 2. The molecule has 0 bridgehead atoms. The monoisotopic (exact) mass is 340 g/mol. The van der Waals surface area contributed by atoms with Crippen molar-refractivity contribution in [1.82, 2.24) is 5.32 Å². The molecule has 0 aliphatic heterocycles. The maximum Gasteiger partial charge on any atom is 0.240 e. The first-order chi connectivity index (χ1) is 12.1. The number of benzene rings is 2. The van der Waals surface area contributed by atoms with E-state index in [9.17, 15) is 14.0 Å². The van der Waals surface area contributed by atoms with Crippen molar-refractivity contribution in [2.45, 2.75) is 25.7 Å². The molecule has 2 aromatic rings. The Labute approximate surface area is 146 Å². The van der Waals surface area contributed by atoms with Crippen LogP contribution in [-0.2, 0) is 16.0 Å². The van der Waals surface area contributed by atoms with Gasteiger partial charge in [-0.3, -0.25) is 9.59 Å². The van der Waals surface area contributed by atoms with E-state index >= 15 is 0 Å². The van der Waals surface area contributed by atoms with Crippen LogP contribution in [0.2, 0.25) is 0 Å². The van der Waals surface area contributed by atoms with Crippen molar-refractivity contribution in [2.75, 3.05) is 11.9 Å². The summed E-state index contributed by atoms with van der Waals surface area (Å²) in [6.45, 7) is 0.541. The Balaban J connectivity index is 1.47. The van der Waals surface area contributed by atoms with Gasteiger partial charge in [0.1, 0.15) is 11.2 Å². The highest BCUT2D eigenvalue weighted by Crippen LogP contribution is 2.46. The smallest absolute Gasteiger partial charge is 0.240 e. The van der Waals surface area contributed by atoms with Crippen LogP contribution in [0.3, 0.4) is 0 Å². The van der Waals surface area contributed by atoms with Gasteiger partial charge in [-0.25, -0.2) is 4.39 Å². The van der Waals surface area contributed by atoms with E-state index in [-0.39, 0.29) is 17.6 Å². The molecular formula is C20H21FN2O2. The summed E-state index contributed by atoms with van der Waals surface area (Å²) in [5.41, 5.74) is 0.753. The Hall–Kier alpha value is -2.69. The standard InChI is InChI=1S/C20H21FN2O2/c21-16-8-10-17(11-9-16)23-19(25)20(12-13-20)18(24)22-14-4-7-15-5-2-1-3-6-15/h1-3,5-6,8-11H,4,7,12-14H2,(H,22,24)(H,23,25). The summed E-state index contributed by atoms with van der Waals surface area (Å²) >= 11 is 0. The number of hydrogen-bond donors (Lipinski definition) is 2. The third-order valence-electron chi connectivity index (χ3n) is 4.49. The number of halogens is 1. The van der Waals surface area contributed by atoms with Crippen LogP contribution in [-0.4, -0.2) is 18.4 Å². The molecule has 2 amide bonds. The lowest BCUT2D eigenvalue weighted by Crippen LogP contribution is -2.40. The molecule has 0 saturated heterocycles.